The van der Waals surface area contributed by atoms with E-state index in [1.165, 1.54) is 6.07 Å². The Labute approximate surface area is 87.7 Å². The molecule has 0 bridgehead atoms. The van der Waals surface area contributed by atoms with E-state index >= 15 is 0 Å². The molecule has 3 nitrogen and oxygen atoms in total. The minimum absolute atomic E-state index is 0.191. The van der Waals surface area contributed by atoms with E-state index in [0.717, 1.165) is 5.56 Å². The first-order valence-corrected chi connectivity index (χ1v) is 4.66. The number of carboxylic acid groups (broad SMARTS) is 1. The number of halogens is 1. The largest absolute Gasteiger partial charge is 0.481 e. The van der Waals surface area contributed by atoms with Gasteiger partial charge in [0, 0.05) is 6.04 Å². The van der Waals surface area contributed by atoms with Gasteiger partial charge < -0.3 is 10.8 Å². The number of aliphatic carboxylic acids is 1. The second-order valence-corrected chi connectivity index (χ2v) is 3.67. The highest BCUT2D eigenvalue weighted by atomic mass is 19.1. The summed E-state index contributed by atoms with van der Waals surface area (Å²) in [5.41, 5.74) is 7.42. The van der Waals surface area contributed by atoms with Crippen LogP contribution in [0.3, 0.4) is 0 Å². The predicted octanol–water partition coefficient (Wildman–Crippen LogP) is 1.92. The SMILES string of the molecule is Cc1cc(F)c(C)c(C(N)CC(=O)O)c1. The van der Waals surface area contributed by atoms with E-state index in [1.807, 2.05) is 0 Å². The van der Waals surface area contributed by atoms with Crippen molar-refractivity contribution in [1.29, 1.82) is 0 Å². The van der Waals surface area contributed by atoms with Crippen molar-refractivity contribution < 1.29 is 14.3 Å². The third-order valence-electron chi connectivity index (χ3n) is 2.32. The lowest BCUT2D eigenvalue weighted by atomic mass is 9.97. The summed E-state index contributed by atoms with van der Waals surface area (Å²) >= 11 is 0. The lowest BCUT2D eigenvalue weighted by Crippen LogP contribution is -2.16. The molecule has 0 heterocycles. The highest BCUT2D eigenvalue weighted by molar-refractivity contribution is 5.68. The Bertz CT molecular complexity index is 390. The van der Waals surface area contributed by atoms with Crippen LogP contribution in [0.25, 0.3) is 0 Å². The number of carboxylic acids is 1. The molecule has 3 N–H and O–H groups in total. The Balaban J connectivity index is 3.07. The Hall–Kier alpha value is -1.42. The fraction of sp³-hybridized carbons (Fsp3) is 0.364. The van der Waals surface area contributed by atoms with Gasteiger partial charge >= 0.3 is 5.97 Å². The maximum Gasteiger partial charge on any atom is 0.305 e. The molecule has 1 unspecified atom stereocenters. The maximum atomic E-state index is 13.3. The molecule has 0 spiro atoms. The van der Waals surface area contributed by atoms with Crippen LogP contribution in [0.15, 0.2) is 12.1 Å². The lowest BCUT2D eigenvalue weighted by Gasteiger charge is -2.14. The van der Waals surface area contributed by atoms with E-state index in [9.17, 15) is 9.18 Å². The number of carbonyl (C=O) groups is 1. The second kappa shape index (κ2) is 4.40. The van der Waals surface area contributed by atoms with Crippen molar-refractivity contribution >= 4 is 5.97 Å². The van der Waals surface area contributed by atoms with Crippen LogP contribution in [-0.2, 0) is 4.79 Å². The van der Waals surface area contributed by atoms with Gasteiger partial charge in [0.15, 0.2) is 0 Å². The van der Waals surface area contributed by atoms with Gasteiger partial charge in [-0.25, -0.2) is 4.39 Å². The molecule has 0 aromatic heterocycles. The minimum Gasteiger partial charge on any atom is -0.481 e. The van der Waals surface area contributed by atoms with Gasteiger partial charge in [0.05, 0.1) is 6.42 Å². The first-order valence-electron chi connectivity index (χ1n) is 4.66. The summed E-state index contributed by atoms with van der Waals surface area (Å²) in [4.78, 5) is 10.5. The van der Waals surface area contributed by atoms with Crippen molar-refractivity contribution in [1.82, 2.24) is 0 Å². The van der Waals surface area contributed by atoms with Crippen LogP contribution in [0.5, 0.6) is 0 Å². The summed E-state index contributed by atoms with van der Waals surface area (Å²) in [5.74, 6) is -1.32. The zero-order valence-electron chi connectivity index (χ0n) is 8.75. The maximum absolute atomic E-state index is 13.3. The lowest BCUT2D eigenvalue weighted by molar-refractivity contribution is -0.137. The first kappa shape index (κ1) is 11.7. The Morgan fingerprint density at radius 2 is 2.13 bits per heavy atom. The van der Waals surface area contributed by atoms with Crippen LogP contribution < -0.4 is 5.73 Å². The van der Waals surface area contributed by atoms with Crippen molar-refractivity contribution in [3.05, 3.63) is 34.6 Å². The molecule has 1 aromatic carbocycles. The van der Waals surface area contributed by atoms with E-state index in [2.05, 4.69) is 0 Å². The predicted molar refractivity (Wildman–Crippen MR) is 55.1 cm³/mol. The summed E-state index contributed by atoms with van der Waals surface area (Å²) < 4.78 is 13.3. The number of aryl methyl sites for hydroxylation is 1. The van der Waals surface area contributed by atoms with E-state index in [1.54, 1.807) is 19.9 Å². The average Bonchev–Trinajstić information content (AvgIpc) is 2.09. The van der Waals surface area contributed by atoms with Crippen LogP contribution in [0.1, 0.15) is 29.2 Å². The average molecular weight is 211 g/mol. The number of benzene rings is 1. The number of rotatable bonds is 3. The molecule has 0 fully saturated rings. The highest BCUT2D eigenvalue weighted by Crippen LogP contribution is 2.22. The molecular weight excluding hydrogens is 197 g/mol. The molecule has 0 aliphatic heterocycles. The minimum atomic E-state index is -0.983. The van der Waals surface area contributed by atoms with Crippen LogP contribution in [-0.4, -0.2) is 11.1 Å². The summed E-state index contributed by atoms with van der Waals surface area (Å²) in [7, 11) is 0. The fourth-order valence-corrected chi connectivity index (χ4v) is 1.52. The van der Waals surface area contributed by atoms with E-state index in [-0.39, 0.29) is 12.2 Å². The molecule has 0 saturated carbocycles. The van der Waals surface area contributed by atoms with Gasteiger partial charge in [-0.05, 0) is 36.6 Å². The van der Waals surface area contributed by atoms with Gasteiger partial charge in [0.1, 0.15) is 5.82 Å². The second-order valence-electron chi connectivity index (χ2n) is 3.67. The summed E-state index contributed by atoms with van der Waals surface area (Å²) in [5, 5.41) is 8.60. The Kier molecular flexibility index (Phi) is 3.42. The summed E-state index contributed by atoms with van der Waals surface area (Å²) in [6, 6.07) is 2.48. The van der Waals surface area contributed by atoms with Gasteiger partial charge in [-0.15, -0.1) is 0 Å². The quantitative estimate of drug-likeness (QED) is 0.802. The molecule has 82 valence electrons. The van der Waals surface area contributed by atoms with Crippen LogP contribution in [0.2, 0.25) is 0 Å². The number of nitrogens with two attached hydrogens (primary N) is 1. The molecule has 0 aliphatic carbocycles. The Morgan fingerprint density at radius 3 is 2.67 bits per heavy atom. The summed E-state index contributed by atoms with van der Waals surface area (Å²) in [6.07, 6.45) is -0.191. The smallest absolute Gasteiger partial charge is 0.305 e. The van der Waals surface area contributed by atoms with E-state index < -0.39 is 12.0 Å². The molecule has 1 rings (SSSR count). The zero-order chi connectivity index (χ0) is 11.6. The monoisotopic (exact) mass is 211 g/mol. The molecule has 0 saturated heterocycles. The molecule has 0 amide bonds. The van der Waals surface area contributed by atoms with Gasteiger partial charge in [0.25, 0.3) is 0 Å². The van der Waals surface area contributed by atoms with Crippen LogP contribution in [0, 0.1) is 19.7 Å². The third kappa shape index (κ3) is 2.76. The molecule has 0 radical (unpaired) electrons. The fourth-order valence-electron chi connectivity index (χ4n) is 1.52. The third-order valence-corrected chi connectivity index (χ3v) is 2.32. The normalized spacial score (nSPS) is 12.5. The van der Waals surface area contributed by atoms with Gasteiger partial charge in [-0.2, -0.15) is 0 Å². The van der Waals surface area contributed by atoms with Crippen molar-refractivity contribution in [2.75, 3.05) is 0 Å². The van der Waals surface area contributed by atoms with Crippen molar-refractivity contribution in [2.24, 2.45) is 5.73 Å². The van der Waals surface area contributed by atoms with E-state index in [4.69, 9.17) is 10.8 Å². The number of hydrogen-bond donors (Lipinski definition) is 2. The van der Waals surface area contributed by atoms with Crippen LogP contribution in [0.4, 0.5) is 4.39 Å². The molecular formula is C11H14FNO2. The molecule has 15 heavy (non-hydrogen) atoms. The number of hydrogen-bond acceptors (Lipinski definition) is 2. The first-order chi connectivity index (χ1) is 6.91. The van der Waals surface area contributed by atoms with E-state index in [0.29, 0.717) is 11.1 Å². The molecule has 4 heteroatoms. The van der Waals surface area contributed by atoms with Crippen molar-refractivity contribution in [2.45, 2.75) is 26.3 Å². The molecule has 1 aromatic rings. The van der Waals surface area contributed by atoms with Crippen molar-refractivity contribution in [3.63, 3.8) is 0 Å². The molecule has 1 atom stereocenters. The van der Waals surface area contributed by atoms with Gasteiger partial charge in [-0.3, -0.25) is 4.79 Å². The zero-order valence-corrected chi connectivity index (χ0v) is 8.75. The highest BCUT2D eigenvalue weighted by Gasteiger charge is 2.15. The summed E-state index contributed by atoms with van der Waals surface area (Å²) in [6.45, 7) is 3.35. The Morgan fingerprint density at radius 1 is 1.53 bits per heavy atom. The van der Waals surface area contributed by atoms with Gasteiger partial charge in [-0.1, -0.05) is 6.07 Å². The van der Waals surface area contributed by atoms with Crippen LogP contribution >= 0.6 is 0 Å². The standard InChI is InChI=1S/C11H14FNO2/c1-6-3-8(7(2)9(12)4-6)10(13)5-11(14)15/h3-4,10H,5,13H2,1-2H3,(H,14,15). The topological polar surface area (TPSA) is 63.3 Å². The molecule has 0 aliphatic rings. The van der Waals surface area contributed by atoms with Gasteiger partial charge in [0.2, 0.25) is 0 Å². The van der Waals surface area contributed by atoms with Crippen molar-refractivity contribution in [3.8, 4) is 0 Å².